The van der Waals surface area contributed by atoms with Gasteiger partial charge in [-0.15, -0.1) is 0 Å². The minimum Gasteiger partial charge on any atom is -0.383 e. The first-order chi connectivity index (χ1) is 7.38. The maximum Gasteiger partial charge on any atom is 0.404 e. The highest BCUT2D eigenvalue weighted by molar-refractivity contribution is 7.99. The first kappa shape index (κ1) is 14.1. The molecule has 0 bridgehead atoms. The average molecular weight is 257 g/mol. The lowest BCUT2D eigenvalue weighted by Gasteiger charge is -2.44. The monoisotopic (exact) mass is 257 g/mol. The maximum absolute atomic E-state index is 12.9. The van der Waals surface area contributed by atoms with Gasteiger partial charge in [0.05, 0.1) is 6.61 Å². The molecule has 0 radical (unpaired) electrons. The predicted octanol–water partition coefficient (Wildman–Crippen LogP) is 2.39. The predicted molar refractivity (Wildman–Crippen MR) is 59.8 cm³/mol. The molecule has 1 rings (SSSR count). The molecular weight excluding hydrogens is 239 g/mol. The van der Waals surface area contributed by atoms with E-state index in [1.807, 2.05) is 0 Å². The van der Waals surface area contributed by atoms with Crippen molar-refractivity contribution in [3.63, 3.8) is 0 Å². The van der Waals surface area contributed by atoms with Gasteiger partial charge in [-0.05, 0) is 13.8 Å². The summed E-state index contributed by atoms with van der Waals surface area (Å²) in [5.74, 6) is 0.834. The van der Waals surface area contributed by atoms with E-state index in [1.165, 1.54) is 18.9 Å². The normalized spacial score (nSPS) is 28.7. The zero-order valence-corrected chi connectivity index (χ0v) is 10.6. The van der Waals surface area contributed by atoms with Crippen LogP contribution in [0.3, 0.4) is 0 Å². The first-order valence-corrected chi connectivity index (χ1v) is 6.44. The summed E-state index contributed by atoms with van der Waals surface area (Å²) in [5, 5.41) is 0. The van der Waals surface area contributed by atoms with Gasteiger partial charge in [0, 0.05) is 30.7 Å². The topological polar surface area (TPSA) is 12.5 Å². The van der Waals surface area contributed by atoms with Crippen LogP contribution in [0.15, 0.2) is 0 Å². The second-order valence-corrected chi connectivity index (χ2v) is 5.32. The minimum absolute atomic E-state index is 0.118. The molecule has 0 saturated carbocycles. The van der Waals surface area contributed by atoms with E-state index in [0.717, 1.165) is 0 Å². The Morgan fingerprint density at radius 1 is 1.38 bits per heavy atom. The van der Waals surface area contributed by atoms with E-state index in [0.29, 0.717) is 12.4 Å². The van der Waals surface area contributed by atoms with Crippen molar-refractivity contribution in [3.8, 4) is 0 Å². The Bertz CT molecular complexity index is 221. The number of rotatable bonds is 3. The van der Waals surface area contributed by atoms with Crippen molar-refractivity contribution in [3.05, 3.63) is 0 Å². The molecule has 2 atom stereocenters. The molecule has 16 heavy (non-hydrogen) atoms. The standard InChI is InChI=1S/C10H18F3NOS/c1-7(2)14-8(4-15-3)5-16-6-9(14)10(11,12)13/h7-9H,4-6H2,1-3H3. The van der Waals surface area contributed by atoms with Gasteiger partial charge in [-0.1, -0.05) is 0 Å². The lowest BCUT2D eigenvalue weighted by molar-refractivity contribution is -0.190. The molecule has 0 aromatic carbocycles. The number of alkyl halides is 3. The van der Waals surface area contributed by atoms with Crippen molar-refractivity contribution >= 4 is 11.8 Å². The fraction of sp³-hybridized carbons (Fsp3) is 1.00. The second-order valence-electron chi connectivity index (χ2n) is 4.24. The van der Waals surface area contributed by atoms with Crippen molar-refractivity contribution in [1.82, 2.24) is 4.90 Å². The van der Waals surface area contributed by atoms with Gasteiger partial charge in [-0.3, -0.25) is 4.90 Å². The molecule has 0 spiro atoms. The zero-order chi connectivity index (χ0) is 12.3. The van der Waals surface area contributed by atoms with Gasteiger partial charge in [0.25, 0.3) is 0 Å². The first-order valence-electron chi connectivity index (χ1n) is 5.28. The molecule has 2 nitrogen and oxygen atoms in total. The Kier molecular flexibility index (Phi) is 4.94. The maximum atomic E-state index is 12.9. The summed E-state index contributed by atoms with van der Waals surface area (Å²) in [5.41, 5.74) is 0. The fourth-order valence-corrected chi connectivity index (χ4v) is 3.37. The zero-order valence-electron chi connectivity index (χ0n) is 9.75. The van der Waals surface area contributed by atoms with E-state index in [4.69, 9.17) is 4.74 Å². The summed E-state index contributed by atoms with van der Waals surface area (Å²) >= 11 is 1.36. The van der Waals surface area contributed by atoms with E-state index in [9.17, 15) is 13.2 Å². The molecule has 0 amide bonds. The molecule has 1 aliphatic rings. The van der Waals surface area contributed by atoms with Crippen LogP contribution < -0.4 is 0 Å². The van der Waals surface area contributed by atoms with Gasteiger partial charge in [0.2, 0.25) is 0 Å². The highest BCUT2D eigenvalue weighted by Gasteiger charge is 2.48. The van der Waals surface area contributed by atoms with Gasteiger partial charge in [0.1, 0.15) is 6.04 Å². The summed E-state index contributed by atoms with van der Waals surface area (Å²) in [4.78, 5) is 1.54. The quantitative estimate of drug-likeness (QED) is 0.770. The third-order valence-corrected chi connectivity index (χ3v) is 3.87. The third-order valence-electron chi connectivity index (χ3n) is 2.70. The minimum atomic E-state index is -4.15. The SMILES string of the molecule is COCC1CSCC(C(F)(F)F)N1C(C)C. The molecule has 0 aromatic rings. The number of ether oxygens (including phenoxy) is 1. The summed E-state index contributed by atoms with van der Waals surface area (Å²) < 4.78 is 43.6. The Balaban J connectivity index is 2.82. The van der Waals surface area contributed by atoms with Crippen LogP contribution in [0.5, 0.6) is 0 Å². The van der Waals surface area contributed by atoms with Gasteiger partial charge in [0.15, 0.2) is 0 Å². The number of hydrogen-bond acceptors (Lipinski definition) is 3. The molecular formula is C10H18F3NOS. The summed E-state index contributed by atoms with van der Waals surface area (Å²) in [6, 6.07) is -1.60. The molecule has 1 fully saturated rings. The Morgan fingerprint density at radius 3 is 2.44 bits per heavy atom. The Hall–Kier alpha value is 0.0600. The lowest BCUT2D eigenvalue weighted by Crippen LogP contribution is -2.59. The number of nitrogens with zero attached hydrogens (tertiary/aromatic N) is 1. The summed E-state index contributed by atoms with van der Waals surface area (Å²) in [7, 11) is 1.53. The fourth-order valence-electron chi connectivity index (χ4n) is 2.11. The molecule has 96 valence electrons. The third kappa shape index (κ3) is 3.28. The van der Waals surface area contributed by atoms with Crippen LogP contribution in [0.1, 0.15) is 13.8 Å². The number of methoxy groups -OCH3 is 1. The van der Waals surface area contributed by atoms with Gasteiger partial charge in [-0.2, -0.15) is 24.9 Å². The molecule has 0 aromatic heterocycles. The van der Waals surface area contributed by atoms with E-state index in [1.54, 1.807) is 18.7 Å². The number of hydrogen-bond donors (Lipinski definition) is 0. The van der Waals surface area contributed by atoms with E-state index < -0.39 is 12.2 Å². The van der Waals surface area contributed by atoms with Crippen LogP contribution in [0.4, 0.5) is 13.2 Å². The van der Waals surface area contributed by atoms with Crippen LogP contribution in [0.25, 0.3) is 0 Å². The smallest absolute Gasteiger partial charge is 0.383 e. The van der Waals surface area contributed by atoms with Crippen molar-refractivity contribution in [2.24, 2.45) is 0 Å². The van der Waals surface area contributed by atoms with E-state index in [2.05, 4.69) is 0 Å². The largest absolute Gasteiger partial charge is 0.404 e. The average Bonchev–Trinajstić information content (AvgIpc) is 2.16. The number of thioether (sulfide) groups is 1. The number of halogens is 3. The Morgan fingerprint density at radius 2 is 2.00 bits per heavy atom. The molecule has 1 aliphatic heterocycles. The molecule has 0 N–H and O–H groups in total. The van der Waals surface area contributed by atoms with Gasteiger partial charge < -0.3 is 4.74 Å². The molecule has 0 aliphatic carbocycles. The van der Waals surface area contributed by atoms with Crippen LogP contribution in [-0.2, 0) is 4.74 Å². The summed E-state index contributed by atoms with van der Waals surface area (Å²) in [6.07, 6.45) is -4.15. The van der Waals surface area contributed by atoms with Gasteiger partial charge >= 0.3 is 6.18 Å². The lowest BCUT2D eigenvalue weighted by atomic mass is 10.1. The highest BCUT2D eigenvalue weighted by atomic mass is 32.2. The van der Waals surface area contributed by atoms with Crippen molar-refractivity contribution in [2.45, 2.75) is 38.1 Å². The summed E-state index contributed by atoms with van der Waals surface area (Å²) in [6.45, 7) is 3.96. The van der Waals surface area contributed by atoms with Crippen LogP contribution in [-0.4, -0.2) is 54.4 Å². The van der Waals surface area contributed by atoms with Gasteiger partial charge in [-0.25, -0.2) is 0 Å². The molecule has 6 heteroatoms. The molecule has 1 heterocycles. The van der Waals surface area contributed by atoms with Crippen LogP contribution >= 0.6 is 11.8 Å². The van der Waals surface area contributed by atoms with Crippen molar-refractivity contribution < 1.29 is 17.9 Å². The second kappa shape index (κ2) is 5.60. The molecule has 2 unspecified atom stereocenters. The van der Waals surface area contributed by atoms with Crippen molar-refractivity contribution in [1.29, 1.82) is 0 Å². The van der Waals surface area contributed by atoms with Crippen LogP contribution in [0, 0.1) is 0 Å². The van der Waals surface area contributed by atoms with Crippen LogP contribution in [0.2, 0.25) is 0 Å². The van der Waals surface area contributed by atoms with E-state index >= 15 is 0 Å². The molecule has 1 saturated heterocycles. The van der Waals surface area contributed by atoms with Crippen molar-refractivity contribution in [2.75, 3.05) is 25.2 Å². The van der Waals surface area contributed by atoms with E-state index in [-0.39, 0.29) is 17.8 Å². The Labute approximate surface area is 98.5 Å². The highest BCUT2D eigenvalue weighted by Crippen LogP contribution is 2.34.